The van der Waals surface area contributed by atoms with E-state index in [1.54, 1.807) is 11.3 Å². The maximum absolute atomic E-state index is 12.8. The molecule has 110 valence electrons. The van der Waals surface area contributed by atoms with Gasteiger partial charge < -0.3 is 9.64 Å². The normalized spacial score (nSPS) is 24.9. The minimum absolute atomic E-state index is 0.0207. The molecule has 1 aromatic rings. The summed E-state index contributed by atoms with van der Waals surface area (Å²) in [6.07, 6.45) is 4.25. The van der Waals surface area contributed by atoms with E-state index in [9.17, 15) is 4.79 Å². The van der Waals surface area contributed by atoms with Crippen LogP contribution in [0.3, 0.4) is 0 Å². The summed E-state index contributed by atoms with van der Waals surface area (Å²) < 4.78 is 5.44. The third kappa shape index (κ3) is 2.38. The Bertz CT molecular complexity index is 454. The van der Waals surface area contributed by atoms with Gasteiger partial charge in [0.15, 0.2) is 0 Å². The van der Waals surface area contributed by atoms with Gasteiger partial charge in [0, 0.05) is 13.2 Å². The first-order valence-corrected chi connectivity index (χ1v) is 8.40. The molecule has 2 fully saturated rings. The van der Waals surface area contributed by atoms with Crippen molar-refractivity contribution in [1.82, 2.24) is 10.2 Å². The van der Waals surface area contributed by atoms with E-state index in [1.807, 2.05) is 11.8 Å². The summed E-state index contributed by atoms with van der Waals surface area (Å²) in [4.78, 5) is 14.8. The summed E-state index contributed by atoms with van der Waals surface area (Å²) in [6.45, 7) is 3.96. The van der Waals surface area contributed by atoms with Gasteiger partial charge in [-0.25, -0.2) is 0 Å². The second-order valence-electron chi connectivity index (χ2n) is 5.59. The molecule has 1 aliphatic carbocycles. The number of amides is 1. The minimum atomic E-state index is -0.307. The Labute approximate surface area is 124 Å². The topological polar surface area (TPSA) is 41.6 Å². The first-order chi connectivity index (χ1) is 9.77. The van der Waals surface area contributed by atoms with Crippen molar-refractivity contribution in [3.63, 3.8) is 0 Å². The molecule has 20 heavy (non-hydrogen) atoms. The Balaban J connectivity index is 1.80. The van der Waals surface area contributed by atoms with Crippen molar-refractivity contribution in [2.75, 3.05) is 19.8 Å². The molecular weight excluding hydrogens is 272 g/mol. The molecule has 1 atom stereocenters. The van der Waals surface area contributed by atoms with E-state index in [-0.39, 0.29) is 17.6 Å². The van der Waals surface area contributed by atoms with E-state index in [4.69, 9.17) is 4.74 Å². The number of thiophene rings is 1. The fourth-order valence-corrected chi connectivity index (χ4v) is 4.04. The zero-order chi connectivity index (χ0) is 14.0. The number of ether oxygens (including phenoxy) is 1. The summed E-state index contributed by atoms with van der Waals surface area (Å²) >= 11 is 1.68. The summed E-state index contributed by atoms with van der Waals surface area (Å²) in [5.74, 6) is 0.269. The average molecular weight is 294 g/mol. The van der Waals surface area contributed by atoms with Crippen molar-refractivity contribution >= 4 is 17.2 Å². The maximum atomic E-state index is 12.8. The van der Waals surface area contributed by atoms with Crippen molar-refractivity contribution in [2.24, 2.45) is 0 Å². The van der Waals surface area contributed by atoms with Crippen molar-refractivity contribution in [3.8, 4) is 0 Å². The Hall–Kier alpha value is -0.910. The number of nitrogens with zero attached hydrogens (tertiary/aromatic N) is 1. The van der Waals surface area contributed by atoms with Gasteiger partial charge in [-0.15, -0.1) is 0 Å². The van der Waals surface area contributed by atoms with Gasteiger partial charge in [-0.1, -0.05) is 12.8 Å². The Morgan fingerprint density at radius 1 is 1.50 bits per heavy atom. The zero-order valence-corrected chi connectivity index (χ0v) is 12.7. The number of hydrogen-bond donors (Lipinski definition) is 1. The Morgan fingerprint density at radius 2 is 2.30 bits per heavy atom. The minimum Gasteiger partial charge on any atom is -0.380 e. The number of carbonyl (C=O) groups is 1. The van der Waals surface area contributed by atoms with Crippen LogP contribution in [-0.2, 0) is 9.53 Å². The van der Waals surface area contributed by atoms with Crippen molar-refractivity contribution < 1.29 is 9.53 Å². The first-order valence-electron chi connectivity index (χ1n) is 7.45. The van der Waals surface area contributed by atoms with Gasteiger partial charge in [-0.05, 0) is 42.2 Å². The van der Waals surface area contributed by atoms with Gasteiger partial charge >= 0.3 is 0 Å². The van der Waals surface area contributed by atoms with Crippen LogP contribution in [0.15, 0.2) is 16.8 Å². The molecule has 1 unspecified atom stereocenters. The number of carbonyl (C=O) groups excluding carboxylic acids is 1. The van der Waals surface area contributed by atoms with Crippen LogP contribution in [0.2, 0.25) is 0 Å². The molecule has 4 nitrogen and oxygen atoms in total. The summed E-state index contributed by atoms with van der Waals surface area (Å²) in [5.41, 5.74) is 0.891. The SMILES string of the molecule is CCOCCN1C(=O)C2(CCCC2)NC1c1ccsc1. The summed E-state index contributed by atoms with van der Waals surface area (Å²) in [5, 5.41) is 7.83. The number of nitrogens with one attached hydrogen (secondary N) is 1. The van der Waals surface area contributed by atoms with E-state index in [1.165, 1.54) is 5.56 Å². The lowest BCUT2D eigenvalue weighted by molar-refractivity contribution is -0.133. The molecule has 5 heteroatoms. The van der Waals surface area contributed by atoms with Crippen LogP contribution in [0.4, 0.5) is 0 Å². The molecular formula is C15H22N2O2S. The molecule has 1 aromatic heterocycles. The molecule has 2 heterocycles. The molecule has 0 aromatic carbocycles. The average Bonchev–Trinajstić information content (AvgIpc) is 3.16. The summed E-state index contributed by atoms with van der Waals surface area (Å²) in [6, 6.07) is 2.11. The van der Waals surface area contributed by atoms with E-state index in [0.717, 1.165) is 25.7 Å². The lowest BCUT2D eigenvalue weighted by atomic mass is 9.98. The monoisotopic (exact) mass is 294 g/mol. The Kier molecular flexibility index (Phi) is 4.10. The van der Waals surface area contributed by atoms with Gasteiger partial charge in [0.25, 0.3) is 0 Å². The van der Waals surface area contributed by atoms with Crippen molar-refractivity contribution in [2.45, 2.75) is 44.3 Å². The molecule has 2 aliphatic rings. The molecule has 1 saturated carbocycles. The second kappa shape index (κ2) is 5.84. The number of hydrogen-bond acceptors (Lipinski definition) is 4. The fourth-order valence-electron chi connectivity index (χ4n) is 3.36. The van der Waals surface area contributed by atoms with Crippen LogP contribution in [-0.4, -0.2) is 36.1 Å². The van der Waals surface area contributed by atoms with Gasteiger partial charge in [0.2, 0.25) is 5.91 Å². The molecule has 3 rings (SSSR count). The van der Waals surface area contributed by atoms with Crippen LogP contribution in [0, 0.1) is 0 Å². The van der Waals surface area contributed by atoms with Crippen molar-refractivity contribution in [1.29, 1.82) is 0 Å². The van der Waals surface area contributed by atoms with E-state index in [2.05, 4.69) is 22.1 Å². The maximum Gasteiger partial charge on any atom is 0.244 e. The molecule has 0 radical (unpaired) electrons. The van der Waals surface area contributed by atoms with Crippen LogP contribution < -0.4 is 5.32 Å². The molecule has 1 amide bonds. The highest BCUT2D eigenvalue weighted by atomic mass is 32.1. The summed E-state index contributed by atoms with van der Waals surface area (Å²) in [7, 11) is 0. The van der Waals surface area contributed by atoms with Crippen LogP contribution in [0.1, 0.15) is 44.3 Å². The highest BCUT2D eigenvalue weighted by molar-refractivity contribution is 7.07. The van der Waals surface area contributed by atoms with E-state index < -0.39 is 0 Å². The first kappa shape index (κ1) is 14.0. The van der Waals surface area contributed by atoms with E-state index >= 15 is 0 Å². The lowest BCUT2D eigenvalue weighted by Crippen LogP contribution is -2.44. The van der Waals surface area contributed by atoms with E-state index in [0.29, 0.717) is 19.8 Å². The van der Waals surface area contributed by atoms with Gasteiger partial charge in [0.05, 0.1) is 12.1 Å². The molecule has 1 saturated heterocycles. The standard InChI is InChI=1S/C15H22N2O2S/c1-2-19-9-8-17-13(12-5-10-20-11-12)16-15(14(17)18)6-3-4-7-15/h5,10-11,13,16H,2-4,6-9H2,1H3. The smallest absolute Gasteiger partial charge is 0.244 e. The quantitative estimate of drug-likeness (QED) is 0.849. The van der Waals surface area contributed by atoms with Gasteiger partial charge in [-0.3, -0.25) is 10.1 Å². The largest absolute Gasteiger partial charge is 0.380 e. The van der Waals surface area contributed by atoms with Crippen LogP contribution >= 0.6 is 11.3 Å². The number of rotatable bonds is 5. The molecule has 1 aliphatic heterocycles. The molecule has 0 bridgehead atoms. The third-order valence-corrected chi connectivity index (χ3v) is 5.09. The molecule has 1 spiro atoms. The molecule has 1 N–H and O–H groups in total. The van der Waals surface area contributed by atoms with Gasteiger partial charge in [0.1, 0.15) is 6.17 Å². The van der Waals surface area contributed by atoms with Crippen LogP contribution in [0.5, 0.6) is 0 Å². The predicted molar refractivity (Wildman–Crippen MR) is 79.6 cm³/mol. The Morgan fingerprint density at radius 3 is 2.95 bits per heavy atom. The van der Waals surface area contributed by atoms with Crippen molar-refractivity contribution in [3.05, 3.63) is 22.4 Å². The predicted octanol–water partition coefficient (Wildman–Crippen LogP) is 2.53. The fraction of sp³-hybridized carbons (Fsp3) is 0.667. The highest BCUT2D eigenvalue weighted by Crippen LogP contribution is 2.40. The highest BCUT2D eigenvalue weighted by Gasteiger charge is 2.52. The lowest BCUT2D eigenvalue weighted by Gasteiger charge is -2.23. The third-order valence-electron chi connectivity index (χ3n) is 4.39. The van der Waals surface area contributed by atoms with Gasteiger partial charge in [-0.2, -0.15) is 11.3 Å². The second-order valence-corrected chi connectivity index (χ2v) is 6.37. The zero-order valence-electron chi connectivity index (χ0n) is 11.9. The van der Waals surface area contributed by atoms with Crippen LogP contribution in [0.25, 0.3) is 0 Å².